The first-order chi connectivity index (χ1) is 8.24. The molecule has 1 aromatic carbocycles. The highest BCUT2D eigenvalue weighted by molar-refractivity contribution is 5.58. The van der Waals surface area contributed by atoms with Gasteiger partial charge in [0.15, 0.2) is 5.88 Å². The van der Waals surface area contributed by atoms with Gasteiger partial charge in [-0.25, -0.2) is 0 Å². The van der Waals surface area contributed by atoms with Crippen LogP contribution in [0.4, 0.5) is 5.69 Å². The molecule has 4 heteroatoms. The standard InChI is InChI=1S/C13H14N2O2/c16-12-7-11(13(17)15-12)14-10-6-9(10)8-4-2-1-3-5-8/h1-5,7,9-10,14-17H,6H2. The lowest BCUT2D eigenvalue weighted by Gasteiger charge is -2.03. The van der Waals surface area contributed by atoms with Gasteiger partial charge in [-0.2, -0.15) is 0 Å². The summed E-state index contributed by atoms with van der Waals surface area (Å²) in [5.74, 6) is 0.454. The monoisotopic (exact) mass is 230 g/mol. The van der Waals surface area contributed by atoms with Crippen LogP contribution in [-0.2, 0) is 0 Å². The third-order valence-electron chi connectivity index (χ3n) is 3.14. The molecule has 1 aliphatic carbocycles. The molecule has 1 aromatic heterocycles. The highest BCUT2D eigenvalue weighted by Gasteiger charge is 2.38. The summed E-state index contributed by atoms with van der Waals surface area (Å²) >= 11 is 0. The molecule has 0 bridgehead atoms. The van der Waals surface area contributed by atoms with E-state index in [-0.39, 0.29) is 11.8 Å². The van der Waals surface area contributed by atoms with Gasteiger partial charge in [0.05, 0.1) is 0 Å². The van der Waals surface area contributed by atoms with Gasteiger partial charge in [-0.05, 0) is 12.0 Å². The van der Waals surface area contributed by atoms with Crippen LogP contribution < -0.4 is 5.32 Å². The molecule has 0 spiro atoms. The fourth-order valence-corrected chi connectivity index (χ4v) is 2.16. The Hall–Kier alpha value is -2.10. The Morgan fingerprint density at radius 1 is 1.18 bits per heavy atom. The summed E-state index contributed by atoms with van der Waals surface area (Å²) in [4.78, 5) is 2.44. The van der Waals surface area contributed by atoms with Crippen molar-refractivity contribution in [2.75, 3.05) is 5.32 Å². The number of H-pyrrole nitrogens is 1. The molecule has 3 rings (SSSR count). The van der Waals surface area contributed by atoms with Gasteiger partial charge in [0.1, 0.15) is 5.69 Å². The zero-order valence-corrected chi connectivity index (χ0v) is 9.22. The maximum atomic E-state index is 9.49. The Bertz CT molecular complexity index is 521. The van der Waals surface area contributed by atoms with Crippen LogP contribution in [0.3, 0.4) is 0 Å². The summed E-state index contributed by atoms with van der Waals surface area (Å²) in [5, 5.41) is 21.9. The second kappa shape index (κ2) is 3.73. The Morgan fingerprint density at radius 3 is 2.59 bits per heavy atom. The topological polar surface area (TPSA) is 68.3 Å². The van der Waals surface area contributed by atoms with Crippen molar-refractivity contribution in [2.24, 2.45) is 0 Å². The number of rotatable bonds is 3. The minimum absolute atomic E-state index is 0.0128. The normalized spacial score (nSPS) is 22.4. The van der Waals surface area contributed by atoms with Crippen LogP contribution in [0.2, 0.25) is 0 Å². The van der Waals surface area contributed by atoms with Crippen molar-refractivity contribution in [2.45, 2.75) is 18.4 Å². The lowest BCUT2D eigenvalue weighted by molar-refractivity contribution is 0.426. The van der Waals surface area contributed by atoms with Crippen molar-refractivity contribution in [3.05, 3.63) is 42.0 Å². The molecule has 1 fully saturated rings. The molecule has 0 saturated heterocycles. The van der Waals surface area contributed by atoms with Crippen molar-refractivity contribution in [1.82, 2.24) is 4.98 Å². The first-order valence-electron chi connectivity index (χ1n) is 5.66. The van der Waals surface area contributed by atoms with E-state index in [4.69, 9.17) is 0 Å². The molecule has 1 aliphatic rings. The Kier molecular flexibility index (Phi) is 2.21. The fourth-order valence-electron chi connectivity index (χ4n) is 2.16. The number of hydrogen-bond donors (Lipinski definition) is 4. The number of hydrogen-bond acceptors (Lipinski definition) is 3. The number of anilines is 1. The third-order valence-corrected chi connectivity index (χ3v) is 3.14. The first kappa shape index (κ1) is 10.1. The van der Waals surface area contributed by atoms with Gasteiger partial charge in [0.2, 0.25) is 5.88 Å². The zero-order valence-electron chi connectivity index (χ0n) is 9.22. The van der Waals surface area contributed by atoms with Crippen molar-refractivity contribution >= 4 is 5.69 Å². The van der Waals surface area contributed by atoms with E-state index in [0.29, 0.717) is 17.6 Å². The van der Waals surface area contributed by atoms with Crippen molar-refractivity contribution < 1.29 is 10.2 Å². The molecule has 0 amide bonds. The van der Waals surface area contributed by atoms with Gasteiger partial charge in [-0.1, -0.05) is 30.3 Å². The fraction of sp³-hybridized carbons (Fsp3) is 0.231. The van der Waals surface area contributed by atoms with Crippen LogP contribution in [0.5, 0.6) is 11.8 Å². The molecule has 0 radical (unpaired) electrons. The van der Waals surface area contributed by atoms with Crippen molar-refractivity contribution in [3.8, 4) is 11.8 Å². The molecular weight excluding hydrogens is 216 g/mol. The van der Waals surface area contributed by atoms with Crippen molar-refractivity contribution in [1.29, 1.82) is 0 Å². The SMILES string of the molecule is Oc1cc(NC2CC2c2ccccc2)c(O)[nH]1. The van der Waals surface area contributed by atoms with Crippen LogP contribution >= 0.6 is 0 Å². The van der Waals surface area contributed by atoms with Gasteiger partial charge >= 0.3 is 0 Å². The van der Waals surface area contributed by atoms with E-state index < -0.39 is 0 Å². The smallest absolute Gasteiger partial charge is 0.215 e. The van der Waals surface area contributed by atoms with Crippen molar-refractivity contribution in [3.63, 3.8) is 0 Å². The molecule has 88 valence electrons. The minimum atomic E-state index is -0.0260. The maximum absolute atomic E-state index is 9.49. The number of aromatic amines is 1. The summed E-state index contributed by atoms with van der Waals surface area (Å²) in [5.41, 5.74) is 1.87. The van der Waals surface area contributed by atoms with E-state index in [2.05, 4.69) is 22.4 Å². The van der Waals surface area contributed by atoms with E-state index in [0.717, 1.165) is 6.42 Å². The molecule has 17 heavy (non-hydrogen) atoms. The van der Waals surface area contributed by atoms with Gasteiger partial charge in [-0.15, -0.1) is 0 Å². The molecule has 2 unspecified atom stereocenters. The van der Waals surface area contributed by atoms with Crippen LogP contribution in [-0.4, -0.2) is 21.2 Å². The molecule has 2 aromatic rings. The number of nitrogens with one attached hydrogen (secondary N) is 2. The molecule has 4 N–H and O–H groups in total. The van der Waals surface area contributed by atoms with Gasteiger partial charge < -0.3 is 15.5 Å². The summed E-state index contributed by atoms with van der Waals surface area (Å²) in [6.45, 7) is 0. The average molecular weight is 230 g/mol. The van der Waals surface area contributed by atoms with Crippen LogP contribution in [0.15, 0.2) is 36.4 Å². The summed E-state index contributed by atoms with van der Waals surface area (Å²) < 4.78 is 0. The minimum Gasteiger partial charge on any atom is -0.494 e. The van der Waals surface area contributed by atoms with E-state index in [9.17, 15) is 10.2 Å². The number of benzene rings is 1. The largest absolute Gasteiger partial charge is 0.494 e. The predicted molar refractivity (Wildman–Crippen MR) is 65.3 cm³/mol. The van der Waals surface area contributed by atoms with E-state index in [1.165, 1.54) is 11.6 Å². The first-order valence-corrected chi connectivity index (χ1v) is 5.66. The Morgan fingerprint density at radius 2 is 1.94 bits per heavy atom. The predicted octanol–water partition coefficient (Wildman–Crippen LogP) is 2.39. The second-order valence-electron chi connectivity index (χ2n) is 4.42. The number of aromatic hydroxyl groups is 2. The summed E-state index contributed by atoms with van der Waals surface area (Å²) in [7, 11) is 0. The van der Waals surface area contributed by atoms with Gasteiger partial charge in [0.25, 0.3) is 0 Å². The van der Waals surface area contributed by atoms with E-state index in [1.54, 1.807) is 0 Å². The van der Waals surface area contributed by atoms with Crippen LogP contribution in [0.1, 0.15) is 17.9 Å². The molecule has 1 saturated carbocycles. The third kappa shape index (κ3) is 1.93. The van der Waals surface area contributed by atoms with Gasteiger partial charge in [0, 0.05) is 18.0 Å². The summed E-state index contributed by atoms with van der Waals surface area (Å²) in [6, 6.07) is 12.1. The molecular formula is C13H14N2O2. The quantitative estimate of drug-likeness (QED) is 0.654. The van der Waals surface area contributed by atoms with E-state index >= 15 is 0 Å². The average Bonchev–Trinajstić information content (AvgIpc) is 3.01. The molecule has 1 heterocycles. The molecule has 0 aliphatic heterocycles. The van der Waals surface area contributed by atoms with E-state index in [1.807, 2.05) is 18.2 Å². The highest BCUT2D eigenvalue weighted by Crippen LogP contribution is 2.44. The highest BCUT2D eigenvalue weighted by atomic mass is 16.3. The Balaban J connectivity index is 1.68. The molecule has 4 nitrogen and oxygen atoms in total. The second-order valence-corrected chi connectivity index (χ2v) is 4.42. The summed E-state index contributed by atoms with van der Waals surface area (Å²) in [6.07, 6.45) is 1.05. The Labute approximate surface area is 98.9 Å². The zero-order chi connectivity index (χ0) is 11.8. The van der Waals surface area contributed by atoms with Crippen LogP contribution in [0.25, 0.3) is 0 Å². The van der Waals surface area contributed by atoms with Crippen LogP contribution in [0, 0.1) is 0 Å². The lowest BCUT2D eigenvalue weighted by atomic mass is 10.1. The number of aromatic nitrogens is 1. The maximum Gasteiger partial charge on any atom is 0.215 e. The van der Waals surface area contributed by atoms with Gasteiger partial charge in [-0.3, -0.25) is 4.98 Å². The molecule has 2 atom stereocenters. The lowest BCUT2D eigenvalue weighted by Crippen LogP contribution is -2.03.